The number of rotatable bonds is 4. The number of nitrogens with zero attached hydrogens (tertiary/aromatic N) is 1. The van der Waals surface area contributed by atoms with Crippen LogP contribution in [0.5, 0.6) is 0 Å². The zero-order valence-corrected chi connectivity index (χ0v) is 12.8. The lowest BCUT2D eigenvalue weighted by molar-refractivity contribution is -0.142. The van der Waals surface area contributed by atoms with Crippen molar-refractivity contribution in [2.24, 2.45) is 0 Å². The van der Waals surface area contributed by atoms with Gasteiger partial charge in [0, 0.05) is 6.54 Å². The molecular formula is C17H19NO2S. The van der Waals surface area contributed by atoms with Crippen LogP contribution in [0.15, 0.2) is 41.1 Å². The highest BCUT2D eigenvalue weighted by Gasteiger charge is 2.36. The van der Waals surface area contributed by atoms with E-state index in [9.17, 15) is 9.90 Å². The van der Waals surface area contributed by atoms with Crippen molar-refractivity contribution in [3.8, 4) is 0 Å². The van der Waals surface area contributed by atoms with E-state index in [1.165, 1.54) is 16.7 Å². The molecule has 21 heavy (non-hydrogen) atoms. The SMILES string of the molecule is Cc1ccc(C(c2ccsc2)N2CCCC2C(=O)O)cc1. The minimum atomic E-state index is -0.708. The topological polar surface area (TPSA) is 40.5 Å². The van der Waals surface area contributed by atoms with Crippen molar-refractivity contribution in [3.05, 3.63) is 57.8 Å². The van der Waals surface area contributed by atoms with E-state index in [0.29, 0.717) is 0 Å². The number of hydrogen-bond donors (Lipinski definition) is 1. The van der Waals surface area contributed by atoms with E-state index < -0.39 is 5.97 Å². The highest BCUT2D eigenvalue weighted by Crippen LogP contribution is 2.35. The van der Waals surface area contributed by atoms with Crippen molar-refractivity contribution in [1.82, 2.24) is 4.90 Å². The van der Waals surface area contributed by atoms with E-state index in [1.54, 1.807) is 11.3 Å². The van der Waals surface area contributed by atoms with E-state index in [1.807, 2.05) is 0 Å². The fraction of sp³-hybridized carbons (Fsp3) is 0.353. The number of carboxylic acids is 1. The molecule has 0 aliphatic carbocycles. The normalized spacial score (nSPS) is 20.5. The Balaban J connectivity index is 2.00. The lowest BCUT2D eigenvalue weighted by Gasteiger charge is -2.31. The monoisotopic (exact) mass is 301 g/mol. The molecule has 0 radical (unpaired) electrons. The molecule has 2 atom stereocenters. The van der Waals surface area contributed by atoms with Gasteiger partial charge in [-0.05, 0) is 47.7 Å². The van der Waals surface area contributed by atoms with Gasteiger partial charge in [-0.15, -0.1) is 0 Å². The summed E-state index contributed by atoms with van der Waals surface area (Å²) in [7, 11) is 0. The van der Waals surface area contributed by atoms with Crippen LogP contribution >= 0.6 is 11.3 Å². The van der Waals surface area contributed by atoms with E-state index >= 15 is 0 Å². The van der Waals surface area contributed by atoms with Crippen molar-refractivity contribution >= 4 is 17.3 Å². The summed E-state index contributed by atoms with van der Waals surface area (Å²) in [6.45, 7) is 2.91. The molecule has 2 unspecified atom stereocenters. The van der Waals surface area contributed by atoms with E-state index in [-0.39, 0.29) is 12.1 Å². The van der Waals surface area contributed by atoms with Gasteiger partial charge in [0.15, 0.2) is 0 Å². The Morgan fingerprint density at radius 2 is 2.05 bits per heavy atom. The van der Waals surface area contributed by atoms with Gasteiger partial charge in [0.25, 0.3) is 0 Å². The van der Waals surface area contributed by atoms with Crippen LogP contribution < -0.4 is 0 Å². The summed E-state index contributed by atoms with van der Waals surface area (Å²) in [6, 6.07) is 10.2. The fourth-order valence-corrected chi connectivity index (χ4v) is 3.80. The first-order valence-corrected chi connectivity index (χ1v) is 8.18. The number of thiophene rings is 1. The summed E-state index contributed by atoms with van der Waals surface area (Å²) in [4.78, 5) is 13.7. The summed E-state index contributed by atoms with van der Waals surface area (Å²) < 4.78 is 0. The van der Waals surface area contributed by atoms with Gasteiger partial charge in [0.05, 0.1) is 6.04 Å². The summed E-state index contributed by atoms with van der Waals surface area (Å²) in [5.74, 6) is -0.708. The molecule has 0 spiro atoms. The van der Waals surface area contributed by atoms with E-state index in [0.717, 1.165) is 19.4 Å². The van der Waals surface area contributed by atoms with Gasteiger partial charge < -0.3 is 5.11 Å². The molecule has 1 aromatic heterocycles. The van der Waals surface area contributed by atoms with Crippen LogP contribution in [0.1, 0.15) is 35.6 Å². The quantitative estimate of drug-likeness (QED) is 0.936. The lowest BCUT2D eigenvalue weighted by Crippen LogP contribution is -2.39. The van der Waals surface area contributed by atoms with Gasteiger partial charge >= 0.3 is 5.97 Å². The molecule has 3 nitrogen and oxygen atoms in total. The molecular weight excluding hydrogens is 282 g/mol. The van der Waals surface area contributed by atoms with Crippen LogP contribution in [0.4, 0.5) is 0 Å². The molecule has 1 aliphatic heterocycles. The van der Waals surface area contributed by atoms with Crippen LogP contribution in [-0.2, 0) is 4.79 Å². The van der Waals surface area contributed by atoms with Crippen LogP contribution in [0.25, 0.3) is 0 Å². The maximum atomic E-state index is 11.5. The molecule has 1 aliphatic rings. The highest BCUT2D eigenvalue weighted by molar-refractivity contribution is 7.08. The molecule has 1 aromatic carbocycles. The third kappa shape index (κ3) is 2.87. The summed E-state index contributed by atoms with van der Waals surface area (Å²) in [5, 5.41) is 13.7. The Kier molecular flexibility index (Phi) is 4.08. The largest absolute Gasteiger partial charge is 0.480 e. The van der Waals surface area contributed by atoms with Gasteiger partial charge in [-0.3, -0.25) is 9.69 Å². The molecule has 1 N–H and O–H groups in total. The first kappa shape index (κ1) is 14.3. The Hall–Kier alpha value is -1.65. The molecule has 2 aromatic rings. The Bertz CT molecular complexity index is 606. The van der Waals surface area contributed by atoms with E-state index in [4.69, 9.17) is 0 Å². The van der Waals surface area contributed by atoms with Gasteiger partial charge in [0.1, 0.15) is 6.04 Å². The second-order valence-electron chi connectivity index (χ2n) is 5.60. The van der Waals surface area contributed by atoms with Crippen LogP contribution in [0.2, 0.25) is 0 Å². The maximum Gasteiger partial charge on any atom is 0.320 e. The summed E-state index contributed by atoms with van der Waals surface area (Å²) in [5.41, 5.74) is 3.59. The molecule has 3 rings (SSSR count). The number of likely N-dealkylation sites (tertiary alicyclic amines) is 1. The molecule has 2 heterocycles. The number of aryl methyl sites for hydroxylation is 1. The predicted octanol–water partition coefficient (Wildman–Crippen LogP) is 3.69. The molecule has 0 amide bonds. The summed E-state index contributed by atoms with van der Waals surface area (Å²) in [6.07, 6.45) is 1.69. The Labute approximate surface area is 128 Å². The lowest BCUT2D eigenvalue weighted by atomic mass is 9.97. The third-order valence-electron chi connectivity index (χ3n) is 4.16. The zero-order valence-electron chi connectivity index (χ0n) is 12.0. The molecule has 1 fully saturated rings. The average molecular weight is 301 g/mol. The van der Waals surface area contributed by atoms with Crippen LogP contribution in [-0.4, -0.2) is 28.6 Å². The van der Waals surface area contributed by atoms with Gasteiger partial charge in [-0.25, -0.2) is 0 Å². The number of carbonyl (C=O) groups is 1. The highest BCUT2D eigenvalue weighted by atomic mass is 32.1. The maximum absolute atomic E-state index is 11.5. The standard InChI is InChI=1S/C17H19NO2S/c1-12-4-6-13(7-5-12)16(14-8-10-21-11-14)18-9-2-3-15(18)17(19)20/h4-8,10-11,15-16H,2-3,9H2,1H3,(H,19,20). The first-order chi connectivity index (χ1) is 10.2. The Morgan fingerprint density at radius 3 is 2.67 bits per heavy atom. The van der Waals surface area contributed by atoms with Crippen molar-refractivity contribution in [2.45, 2.75) is 31.8 Å². The van der Waals surface area contributed by atoms with Gasteiger partial charge in [-0.2, -0.15) is 11.3 Å². The van der Waals surface area contributed by atoms with Crippen LogP contribution in [0.3, 0.4) is 0 Å². The van der Waals surface area contributed by atoms with Crippen molar-refractivity contribution in [2.75, 3.05) is 6.54 Å². The number of aliphatic carboxylic acids is 1. The van der Waals surface area contributed by atoms with Gasteiger partial charge in [-0.1, -0.05) is 29.8 Å². The number of carboxylic acid groups (broad SMARTS) is 1. The molecule has 110 valence electrons. The summed E-state index contributed by atoms with van der Waals surface area (Å²) >= 11 is 1.66. The minimum absolute atomic E-state index is 0.0421. The molecule has 1 saturated heterocycles. The zero-order chi connectivity index (χ0) is 14.8. The molecule has 0 bridgehead atoms. The van der Waals surface area contributed by atoms with Gasteiger partial charge in [0.2, 0.25) is 0 Å². The van der Waals surface area contributed by atoms with Crippen molar-refractivity contribution < 1.29 is 9.90 Å². The molecule has 4 heteroatoms. The van der Waals surface area contributed by atoms with Crippen molar-refractivity contribution in [3.63, 3.8) is 0 Å². The second-order valence-corrected chi connectivity index (χ2v) is 6.38. The average Bonchev–Trinajstić information content (AvgIpc) is 3.13. The second kappa shape index (κ2) is 6.00. The number of hydrogen-bond acceptors (Lipinski definition) is 3. The third-order valence-corrected chi connectivity index (χ3v) is 4.86. The molecule has 0 saturated carbocycles. The van der Waals surface area contributed by atoms with Crippen molar-refractivity contribution in [1.29, 1.82) is 0 Å². The Morgan fingerprint density at radius 1 is 1.29 bits per heavy atom. The smallest absolute Gasteiger partial charge is 0.320 e. The van der Waals surface area contributed by atoms with Crippen LogP contribution in [0, 0.1) is 6.92 Å². The van der Waals surface area contributed by atoms with E-state index in [2.05, 4.69) is 52.9 Å². The predicted molar refractivity (Wildman–Crippen MR) is 84.7 cm³/mol. The minimum Gasteiger partial charge on any atom is -0.480 e. The first-order valence-electron chi connectivity index (χ1n) is 7.24. The number of benzene rings is 1. The fourth-order valence-electron chi connectivity index (χ4n) is 3.12.